The molecule has 3 N–H and O–H groups in total. The highest BCUT2D eigenvalue weighted by Crippen LogP contribution is 2.36. The highest BCUT2D eigenvalue weighted by Gasteiger charge is 2.44. The van der Waals surface area contributed by atoms with Crippen molar-refractivity contribution in [1.29, 1.82) is 0 Å². The summed E-state index contributed by atoms with van der Waals surface area (Å²) in [5.41, 5.74) is 2.09. The van der Waals surface area contributed by atoms with Crippen LogP contribution in [0, 0.1) is 0 Å². The molecule has 3 atom stereocenters. The Labute approximate surface area is 117 Å². The average molecular weight is 276 g/mol. The fourth-order valence-corrected chi connectivity index (χ4v) is 4.03. The smallest absolute Gasteiger partial charge is 0.240 e. The van der Waals surface area contributed by atoms with Crippen molar-refractivity contribution in [1.82, 2.24) is 20.2 Å². The number of nitrogens with zero attached hydrogens (tertiary/aromatic N) is 2. The van der Waals surface area contributed by atoms with E-state index < -0.39 is 0 Å². The summed E-state index contributed by atoms with van der Waals surface area (Å²) >= 11 is 0. The van der Waals surface area contributed by atoms with Crippen molar-refractivity contribution in [3.63, 3.8) is 0 Å². The number of aliphatic hydroxyl groups excluding tert-OH is 1. The van der Waals surface area contributed by atoms with E-state index in [4.69, 9.17) is 0 Å². The molecule has 20 heavy (non-hydrogen) atoms. The van der Waals surface area contributed by atoms with Crippen LogP contribution in [-0.2, 0) is 17.8 Å². The lowest BCUT2D eigenvalue weighted by molar-refractivity contribution is -0.140. The molecule has 6 heteroatoms. The fourth-order valence-electron chi connectivity index (χ4n) is 4.03. The lowest BCUT2D eigenvalue weighted by Crippen LogP contribution is -2.56. The summed E-state index contributed by atoms with van der Waals surface area (Å²) in [5.74, 6) is 0.193. The van der Waals surface area contributed by atoms with Crippen LogP contribution < -0.4 is 5.32 Å². The van der Waals surface area contributed by atoms with E-state index >= 15 is 0 Å². The summed E-state index contributed by atoms with van der Waals surface area (Å²) in [5, 5.41) is 13.1. The predicted molar refractivity (Wildman–Crippen MR) is 71.8 cm³/mol. The van der Waals surface area contributed by atoms with Gasteiger partial charge < -0.3 is 15.0 Å². The Morgan fingerprint density at radius 2 is 2.10 bits per heavy atom. The molecule has 1 aromatic rings. The first-order valence-electron chi connectivity index (χ1n) is 7.47. The molecule has 0 spiro atoms. The molecular weight excluding hydrogens is 256 g/mol. The summed E-state index contributed by atoms with van der Waals surface area (Å²) < 4.78 is 0. The van der Waals surface area contributed by atoms with Crippen LogP contribution >= 0.6 is 0 Å². The number of carbonyl (C=O) groups excluding carboxylic acids is 1. The standard InChI is InChI=1S/C14H20N4O2/c19-10-3-8-1-2-9(4-10)18(8)14(20)12-5-11-13(6-15-12)17-7-16-11/h7-10,12,15,19H,1-6H2,(H,16,17). The second-order valence-corrected chi connectivity index (χ2v) is 6.22. The third-order valence-electron chi connectivity index (χ3n) is 4.99. The average Bonchev–Trinajstić information content (AvgIpc) is 3.00. The SMILES string of the molecule is O=C(C1Cc2nc[nH]c2CN1)N1C2CCC1CC(O)C2. The zero-order valence-corrected chi connectivity index (χ0v) is 11.4. The van der Waals surface area contributed by atoms with Crippen LogP contribution in [0.4, 0.5) is 0 Å². The number of hydrogen-bond acceptors (Lipinski definition) is 4. The van der Waals surface area contributed by atoms with Crippen LogP contribution in [0.25, 0.3) is 0 Å². The molecule has 1 aromatic heterocycles. The number of piperidine rings is 1. The molecule has 0 aromatic carbocycles. The van der Waals surface area contributed by atoms with Gasteiger partial charge in [0.15, 0.2) is 0 Å². The van der Waals surface area contributed by atoms with Gasteiger partial charge >= 0.3 is 0 Å². The van der Waals surface area contributed by atoms with Crippen LogP contribution in [0.1, 0.15) is 37.1 Å². The Balaban J connectivity index is 1.51. The van der Waals surface area contributed by atoms with E-state index in [9.17, 15) is 9.90 Å². The highest BCUT2D eigenvalue weighted by molar-refractivity contribution is 5.83. The summed E-state index contributed by atoms with van der Waals surface area (Å²) in [6, 6.07) is 0.307. The molecule has 2 bridgehead atoms. The Kier molecular flexibility index (Phi) is 2.82. The van der Waals surface area contributed by atoms with Crippen molar-refractivity contribution in [3.8, 4) is 0 Å². The molecule has 3 aliphatic heterocycles. The number of hydrogen-bond donors (Lipinski definition) is 3. The van der Waals surface area contributed by atoms with Crippen molar-refractivity contribution in [2.24, 2.45) is 0 Å². The van der Waals surface area contributed by atoms with Crippen LogP contribution in [0.2, 0.25) is 0 Å². The van der Waals surface area contributed by atoms with Gasteiger partial charge in [0.25, 0.3) is 0 Å². The van der Waals surface area contributed by atoms with Crippen LogP contribution in [-0.4, -0.2) is 50.1 Å². The minimum Gasteiger partial charge on any atom is -0.393 e. The molecule has 2 saturated heterocycles. The van der Waals surface area contributed by atoms with Crippen molar-refractivity contribution in [2.45, 2.75) is 62.9 Å². The zero-order valence-electron chi connectivity index (χ0n) is 11.4. The number of amides is 1. The molecular formula is C14H20N4O2. The summed E-state index contributed by atoms with van der Waals surface area (Å²) in [6.07, 6.45) is 5.68. The largest absolute Gasteiger partial charge is 0.393 e. The van der Waals surface area contributed by atoms with Crippen molar-refractivity contribution >= 4 is 5.91 Å². The molecule has 0 radical (unpaired) electrons. The first kappa shape index (κ1) is 12.3. The maximum atomic E-state index is 12.8. The number of imidazole rings is 1. The fraction of sp³-hybridized carbons (Fsp3) is 0.714. The summed E-state index contributed by atoms with van der Waals surface area (Å²) in [4.78, 5) is 22.2. The number of nitrogens with one attached hydrogen (secondary N) is 2. The van der Waals surface area contributed by atoms with Crippen molar-refractivity contribution < 1.29 is 9.90 Å². The van der Waals surface area contributed by atoms with E-state index in [0.29, 0.717) is 13.0 Å². The molecule has 3 unspecified atom stereocenters. The number of carbonyl (C=O) groups is 1. The van der Waals surface area contributed by atoms with Gasteiger partial charge in [0.1, 0.15) is 0 Å². The van der Waals surface area contributed by atoms with Gasteiger partial charge in [-0.1, -0.05) is 0 Å². The first-order valence-corrected chi connectivity index (χ1v) is 7.47. The second-order valence-electron chi connectivity index (χ2n) is 6.22. The molecule has 1 amide bonds. The Morgan fingerprint density at radius 1 is 1.35 bits per heavy atom. The number of aromatic amines is 1. The van der Waals surface area contributed by atoms with Gasteiger partial charge in [-0.2, -0.15) is 0 Å². The Bertz CT molecular complexity index is 515. The molecule has 4 heterocycles. The Morgan fingerprint density at radius 3 is 2.85 bits per heavy atom. The molecule has 3 aliphatic rings. The normalized spacial score (nSPS) is 36.0. The topological polar surface area (TPSA) is 81.2 Å². The molecule has 0 aliphatic carbocycles. The van der Waals surface area contributed by atoms with E-state index in [-0.39, 0.29) is 30.1 Å². The van der Waals surface area contributed by atoms with Gasteiger partial charge in [-0.15, -0.1) is 0 Å². The number of rotatable bonds is 1. The van der Waals surface area contributed by atoms with E-state index in [1.165, 1.54) is 0 Å². The molecule has 2 fully saturated rings. The number of aliphatic hydroxyl groups is 1. The van der Waals surface area contributed by atoms with Crippen LogP contribution in [0.15, 0.2) is 6.33 Å². The van der Waals surface area contributed by atoms with Gasteiger partial charge in [0.2, 0.25) is 5.91 Å². The molecule has 108 valence electrons. The second kappa shape index (κ2) is 4.56. The predicted octanol–water partition coefficient (Wildman–Crippen LogP) is -0.0617. The number of H-pyrrole nitrogens is 1. The van der Waals surface area contributed by atoms with E-state index in [1.807, 2.05) is 4.90 Å². The zero-order chi connectivity index (χ0) is 13.7. The number of fused-ring (bicyclic) bond motifs is 3. The summed E-state index contributed by atoms with van der Waals surface area (Å²) in [6.45, 7) is 0.678. The Hall–Kier alpha value is -1.40. The van der Waals surface area contributed by atoms with Gasteiger partial charge in [0, 0.05) is 25.0 Å². The lowest BCUT2D eigenvalue weighted by atomic mass is 9.97. The van der Waals surface area contributed by atoms with E-state index in [0.717, 1.165) is 37.1 Å². The molecule has 0 saturated carbocycles. The third-order valence-corrected chi connectivity index (χ3v) is 4.99. The molecule has 4 rings (SSSR count). The van der Waals surface area contributed by atoms with Crippen LogP contribution in [0.5, 0.6) is 0 Å². The van der Waals surface area contributed by atoms with E-state index in [1.54, 1.807) is 6.33 Å². The van der Waals surface area contributed by atoms with Gasteiger partial charge in [-0.3, -0.25) is 10.1 Å². The monoisotopic (exact) mass is 276 g/mol. The minimum atomic E-state index is -0.228. The van der Waals surface area contributed by atoms with E-state index in [2.05, 4.69) is 15.3 Å². The van der Waals surface area contributed by atoms with Crippen molar-refractivity contribution in [2.75, 3.05) is 0 Å². The maximum Gasteiger partial charge on any atom is 0.240 e. The summed E-state index contributed by atoms with van der Waals surface area (Å²) in [7, 11) is 0. The third kappa shape index (κ3) is 1.86. The molecule has 6 nitrogen and oxygen atoms in total. The minimum absolute atomic E-state index is 0.163. The van der Waals surface area contributed by atoms with Gasteiger partial charge in [-0.25, -0.2) is 4.98 Å². The van der Waals surface area contributed by atoms with Crippen LogP contribution in [0.3, 0.4) is 0 Å². The lowest BCUT2D eigenvalue weighted by Gasteiger charge is -2.39. The van der Waals surface area contributed by atoms with Crippen molar-refractivity contribution in [3.05, 3.63) is 17.7 Å². The first-order chi connectivity index (χ1) is 9.72. The van der Waals surface area contributed by atoms with Gasteiger partial charge in [-0.05, 0) is 25.7 Å². The highest BCUT2D eigenvalue weighted by atomic mass is 16.3. The quantitative estimate of drug-likeness (QED) is 0.671. The number of aromatic nitrogens is 2. The van der Waals surface area contributed by atoms with Gasteiger partial charge in [0.05, 0.1) is 29.9 Å². The maximum absolute atomic E-state index is 12.8.